The van der Waals surface area contributed by atoms with Crippen molar-refractivity contribution in [1.82, 2.24) is 0 Å². The lowest BCUT2D eigenvalue weighted by Crippen LogP contribution is -2.15. The minimum Gasteiger partial charge on any atom is -0.398 e. The molecule has 0 spiro atoms. The molecule has 0 amide bonds. The van der Waals surface area contributed by atoms with Crippen molar-refractivity contribution >= 4 is 33.0 Å². The predicted molar refractivity (Wildman–Crippen MR) is 82.6 cm³/mol. The minimum atomic E-state index is -3.73. The van der Waals surface area contributed by atoms with Crippen LogP contribution in [-0.2, 0) is 10.0 Å². The van der Waals surface area contributed by atoms with Crippen LogP contribution in [-0.4, -0.2) is 8.42 Å². The van der Waals surface area contributed by atoms with Crippen LogP contribution in [0.25, 0.3) is 0 Å². The van der Waals surface area contributed by atoms with E-state index in [1.54, 1.807) is 50.2 Å². The van der Waals surface area contributed by atoms with Crippen LogP contribution in [0.2, 0.25) is 5.02 Å². The summed E-state index contributed by atoms with van der Waals surface area (Å²) in [6.45, 7) is 3.47. The average molecular weight is 311 g/mol. The van der Waals surface area contributed by atoms with Crippen LogP contribution in [0.15, 0.2) is 41.3 Å². The lowest BCUT2D eigenvalue weighted by Gasteiger charge is -2.13. The molecule has 4 nitrogen and oxygen atoms in total. The number of para-hydroxylation sites is 1. The molecule has 0 radical (unpaired) electrons. The van der Waals surface area contributed by atoms with Crippen molar-refractivity contribution in [3.05, 3.63) is 52.5 Å². The molecule has 0 saturated heterocycles. The van der Waals surface area contributed by atoms with Crippen LogP contribution in [0.3, 0.4) is 0 Å². The number of anilines is 2. The molecule has 2 aromatic rings. The van der Waals surface area contributed by atoms with Gasteiger partial charge in [-0.1, -0.05) is 23.7 Å². The maximum Gasteiger partial charge on any atom is 0.262 e. The van der Waals surface area contributed by atoms with Gasteiger partial charge in [-0.3, -0.25) is 4.72 Å². The van der Waals surface area contributed by atoms with Crippen LogP contribution in [0.5, 0.6) is 0 Å². The van der Waals surface area contributed by atoms with E-state index >= 15 is 0 Å². The van der Waals surface area contributed by atoms with Gasteiger partial charge in [0.15, 0.2) is 0 Å². The van der Waals surface area contributed by atoms with Crippen molar-refractivity contribution in [2.45, 2.75) is 18.7 Å². The number of halogens is 1. The van der Waals surface area contributed by atoms with Gasteiger partial charge in [0, 0.05) is 5.69 Å². The van der Waals surface area contributed by atoms with Gasteiger partial charge in [-0.15, -0.1) is 0 Å². The highest BCUT2D eigenvalue weighted by molar-refractivity contribution is 7.92. The number of hydrogen-bond acceptors (Lipinski definition) is 3. The first-order valence-corrected chi connectivity index (χ1v) is 7.81. The lowest BCUT2D eigenvalue weighted by molar-refractivity contribution is 0.600. The molecule has 0 unspecified atom stereocenters. The monoisotopic (exact) mass is 310 g/mol. The Hall–Kier alpha value is -1.72. The maximum atomic E-state index is 12.5. The number of benzene rings is 2. The van der Waals surface area contributed by atoms with Crippen molar-refractivity contribution < 1.29 is 8.42 Å². The highest BCUT2D eigenvalue weighted by Gasteiger charge is 2.19. The molecule has 0 fully saturated rings. The summed E-state index contributed by atoms with van der Waals surface area (Å²) in [7, 11) is -3.73. The number of sulfonamides is 1. The van der Waals surface area contributed by atoms with E-state index in [4.69, 9.17) is 17.3 Å². The Morgan fingerprint density at radius 3 is 2.45 bits per heavy atom. The van der Waals surface area contributed by atoms with E-state index in [1.807, 2.05) is 0 Å². The fourth-order valence-electron chi connectivity index (χ4n) is 1.88. The number of aryl methyl sites for hydroxylation is 1. The molecule has 0 saturated carbocycles. The molecule has 0 heterocycles. The highest BCUT2D eigenvalue weighted by Crippen LogP contribution is 2.27. The first-order valence-electron chi connectivity index (χ1n) is 5.95. The molecule has 0 aliphatic rings. The predicted octanol–water partition coefficient (Wildman–Crippen LogP) is 3.34. The van der Waals surface area contributed by atoms with Crippen molar-refractivity contribution in [2.75, 3.05) is 10.5 Å². The zero-order valence-corrected chi connectivity index (χ0v) is 12.7. The van der Waals surface area contributed by atoms with E-state index in [0.717, 1.165) is 5.56 Å². The molecular weight excluding hydrogens is 296 g/mol. The summed E-state index contributed by atoms with van der Waals surface area (Å²) in [4.78, 5) is 0.162. The van der Waals surface area contributed by atoms with Gasteiger partial charge >= 0.3 is 0 Å². The van der Waals surface area contributed by atoms with Gasteiger partial charge in [-0.25, -0.2) is 8.42 Å². The second kappa shape index (κ2) is 5.34. The average Bonchev–Trinajstić information content (AvgIpc) is 2.36. The molecular formula is C14H15ClN2O2S. The quantitative estimate of drug-likeness (QED) is 0.854. The van der Waals surface area contributed by atoms with Gasteiger partial charge in [0.25, 0.3) is 10.0 Å². The Labute approximate surface area is 123 Å². The maximum absolute atomic E-state index is 12.5. The summed E-state index contributed by atoms with van der Waals surface area (Å²) < 4.78 is 27.4. The van der Waals surface area contributed by atoms with Crippen molar-refractivity contribution in [3.63, 3.8) is 0 Å². The van der Waals surface area contributed by atoms with Crippen LogP contribution in [0.1, 0.15) is 11.1 Å². The Morgan fingerprint density at radius 1 is 1.15 bits per heavy atom. The summed E-state index contributed by atoms with van der Waals surface area (Å²) in [5, 5.41) is 0.342. The number of rotatable bonds is 3. The number of hydrogen-bond donors (Lipinski definition) is 2. The summed E-state index contributed by atoms with van der Waals surface area (Å²) in [5.41, 5.74) is 7.92. The SMILES string of the molecule is Cc1cc(N)c(C)c(S(=O)(=O)Nc2ccccc2Cl)c1. The Morgan fingerprint density at radius 2 is 1.80 bits per heavy atom. The van der Waals surface area contributed by atoms with Gasteiger partial charge in [0.2, 0.25) is 0 Å². The molecule has 2 rings (SSSR count). The third kappa shape index (κ3) is 2.89. The molecule has 106 valence electrons. The third-order valence-electron chi connectivity index (χ3n) is 2.95. The first kappa shape index (κ1) is 14.7. The summed E-state index contributed by atoms with van der Waals surface area (Å²) in [6.07, 6.45) is 0. The zero-order chi connectivity index (χ0) is 14.9. The largest absolute Gasteiger partial charge is 0.398 e. The lowest BCUT2D eigenvalue weighted by atomic mass is 10.1. The molecule has 0 atom stereocenters. The smallest absolute Gasteiger partial charge is 0.262 e. The van der Waals surface area contributed by atoms with Crippen molar-refractivity contribution in [2.24, 2.45) is 0 Å². The van der Waals surface area contributed by atoms with E-state index < -0.39 is 10.0 Å². The summed E-state index contributed by atoms with van der Waals surface area (Å²) in [6, 6.07) is 10.00. The molecule has 0 aliphatic heterocycles. The van der Waals surface area contributed by atoms with Crippen LogP contribution < -0.4 is 10.5 Å². The van der Waals surface area contributed by atoms with Crippen LogP contribution in [0.4, 0.5) is 11.4 Å². The molecule has 3 N–H and O–H groups in total. The van der Waals surface area contributed by atoms with Crippen molar-refractivity contribution in [1.29, 1.82) is 0 Å². The molecule has 0 aromatic heterocycles. The summed E-state index contributed by atoms with van der Waals surface area (Å²) in [5.74, 6) is 0. The highest BCUT2D eigenvalue weighted by atomic mass is 35.5. The van der Waals surface area contributed by atoms with Gasteiger partial charge in [0.05, 0.1) is 15.6 Å². The third-order valence-corrected chi connectivity index (χ3v) is 4.77. The van der Waals surface area contributed by atoms with Gasteiger partial charge < -0.3 is 5.73 Å². The molecule has 6 heteroatoms. The van der Waals surface area contributed by atoms with Crippen molar-refractivity contribution in [3.8, 4) is 0 Å². The number of nitrogens with two attached hydrogens (primary N) is 1. The van der Waals surface area contributed by atoms with E-state index in [1.165, 1.54) is 0 Å². The molecule has 0 bridgehead atoms. The van der Waals surface area contributed by atoms with E-state index in [-0.39, 0.29) is 4.90 Å². The van der Waals surface area contributed by atoms with E-state index in [0.29, 0.717) is 22.0 Å². The Balaban J connectivity index is 2.49. The molecule has 2 aromatic carbocycles. The number of nitrogens with one attached hydrogen (secondary N) is 1. The van der Waals surface area contributed by atoms with Gasteiger partial charge in [-0.2, -0.15) is 0 Å². The Kier molecular flexibility index (Phi) is 3.92. The Bertz CT molecular complexity index is 758. The zero-order valence-electron chi connectivity index (χ0n) is 11.1. The second-order valence-electron chi connectivity index (χ2n) is 4.56. The standard InChI is InChI=1S/C14H15ClN2O2S/c1-9-7-12(16)10(2)14(8-9)20(18,19)17-13-6-4-3-5-11(13)15/h3-8,17H,16H2,1-2H3. The normalized spacial score (nSPS) is 11.3. The second-order valence-corrected chi connectivity index (χ2v) is 6.62. The first-order chi connectivity index (χ1) is 9.31. The van der Waals surface area contributed by atoms with E-state index in [9.17, 15) is 8.42 Å². The molecule has 20 heavy (non-hydrogen) atoms. The fraction of sp³-hybridized carbons (Fsp3) is 0.143. The van der Waals surface area contributed by atoms with E-state index in [2.05, 4.69) is 4.72 Å². The van der Waals surface area contributed by atoms with Crippen LogP contribution in [0, 0.1) is 13.8 Å². The van der Waals surface area contributed by atoms with Gasteiger partial charge in [-0.05, 0) is 49.2 Å². The topological polar surface area (TPSA) is 72.2 Å². The fourth-order valence-corrected chi connectivity index (χ4v) is 3.55. The molecule has 0 aliphatic carbocycles. The van der Waals surface area contributed by atoms with Gasteiger partial charge in [0.1, 0.15) is 0 Å². The minimum absolute atomic E-state index is 0.162. The van der Waals surface area contributed by atoms with Crippen LogP contribution >= 0.6 is 11.6 Å². The summed E-state index contributed by atoms with van der Waals surface area (Å²) >= 11 is 5.97. The number of nitrogen functional groups attached to an aromatic ring is 1.